The van der Waals surface area contributed by atoms with Crippen LogP contribution < -0.4 is 9.47 Å². The number of aromatic amines is 1. The van der Waals surface area contributed by atoms with Crippen molar-refractivity contribution < 1.29 is 23.7 Å². The molecule has 1 aromatic carbocycles. The molecule has 0 saturated carbocycles. The fraction of sp³-hybridized carbons (Fsp3) is 0.438. The highest BCUT2D eigenvalue weighted by molar-refractivity contribution is 5.94. The van der Waals surface area contributed by atoms with E-state index in [9.17, 15) is 4.79 Å². The quantitative estimate of drug-likeness (QED) is 0.553. The number of nitrogens with one attached hydrogen (secondary N) is 1. The van der Waals surface area contributed by atoms with Crippen molar-refractivity contribution in [3.05, 3.63) is 23.9 Å². The van der Waals surface area contributed by atoms with Gasteiger partial charge in [-0.2, -0.15) is 10.3 Å². The minimum atomic E-state index is -0.528. The number of benzene rings is 1. The Bertz CT molecular complexity index is 671. The number of esters is 1. The molecule has 8 heteroatoms. The summed E-state index contributed by atoms with van der Waals surface area (Å²) in [5.41, 5.74) is 1.21. The molecular weight excluding hydrogens is 314 g/mol. The van der Waals surface area contributed by atoms with E-state index in [1.807, 2.05) is 0 Å². The van der Waals surface area contributed by atoms with Crippen molar-refractivity contribution in [2.75, 3.05) is 34.0 Å². The van der Waals surface area contributed by atoms with Crippen LogP contribution in [0.5, 0.6) is 11.5 Å². The SMILES string of the molecule is CCOC(=O)c1n[nH]nc1-c1ccc(OC)c(OCCCOC)c1. The third-order valence-corrected chi connectivity index (χ3v) is 3.20. The van der Waals surface area contributed by atoms with Crippen LogP contribution in [0.2, 0.25) is 0 Å². The summed E-state index contributed by atoms with van der Waals surface area (Å²) in [6.45, 7) is 3.09. The molecule has 0 bridgehead atoms. The van der Waals surface area contributed by atoms with E-state index in [1.54, 1.807) is 39.3 Å². The van der Waals surface area contributed by atoms with Crippen molar-refractivity contribution in [2.45, 2.75) is 13.3 Å². The summed E-state index contributed by atoms with van der Waals surface area (Å²) in [7, 11) is 3.21. The zero-order valence-electron chi connectivity index (χ0n) is 14.0. The molecule has 2 aromatic rings. The third-order valence-electron chi connectivity index (χ3n) is 3.20. The van der Waals surface area contributed by atoms with Crippen LogP contribution in [0.3, 0.4) is 0 Å². The van der Waals surface area contributed by atoms with Crippen molar-refractivity contribution in [1.82, 2.24) is 15.4 Å². The third kappa shape index (κ3) is 4.23. The Hall–Kier alpha value is -2.61. The number of ether oxygens (including phenoxy) is 4. The molecule has 0 aliphatic rings. The van der Waals surface area contributed by atoms with Crippen LogP contribution in [-0.4, -0.2) is 55.4 Å². The molecule has 0 saturated heterocycles. The molecule has 8 nitrogen and oxygen atoms in total. The zero-order chi connectivity index (χ0) is 17.4. The van der Waals surface area contributed by atoms with E-state index in [-0.39, 0.29) is 12.3 Å². The predicted molar refractivity (Wildman–Crippen MR) is 86.3 cm³/mol. The van der Waals surface area contributed by atoms with Gasteiger partial charge in [0.15, 0.2) is 17.2 Å². The van der Waals surface area contributed by atoms with Crippen molar-refractivity contribution in [2.24, 2.45) is 0 Å². The van der Waals surface area contributed by atoms with Gasteiger partial charge in [0.05, 0.1) is 20.3 Å². The molecule has 2 rings (SSSR count). The summed E-state index contributed by atoms with van der Waals surface area (Å²) in [4.78, 5) is 11.9. The Balaban J connectivity index is 2.25. The van der Waals surface area contributed by atoms with E-state index in [0.717, 1.165) is 6.42 Å². The second-order valence-corrected chi connectivity index (χ2v) is 4.80. The summed E-state index contributed by atoms with van der Waals surface area (Å²) >= 11 is 0. The largest absolute Gasteiger partial charge is 0.493 e. The number of methoxy groups -OCH3 is 2. The minimum Gasteiger partial charge on any atom is -0.493 e. The first-order valence-electron chi connectivity index (χ1n) is 7.59. The van der Waals surface area contributed by atoms with E-state index in [1.165, 1.54) is 0 Å². The van der Waals surface area contributed by atoms with Crippen molar-refractivity contribution in [3.8, 4) is 22.8 Å². The second-order valence-electron chi connectivity index (χ2n) is 4.80. The van der Waals surface area contributed by atoms with Gasteiger partial charge in [-0.3, -0.25) is 0 Å². The lowest BCUT2D eigenvalue weighted by molar-refractivity contribution is 0.0520. The number of hydrogen-bond donors (Lipinski definition) is 1. The van der Waals surface area contributed by atoms with Crippen LogP contribution in [-0.2, 0) is 9.47 Å². The maximum absolute atomic E-state index is 11.9. The first-order valence-corrected chi connectivity index (χ1v) is 7.59. The van der Waals surface area contributed by atoms with Gasteiger partial charge in [-0.25, -0.2) is 4.79 Å². The summed E-state index contributed by atoms with van der Waals surface area (Å²) in [5, 5.41) is 10.4. The van der Waals surface area contributed by atoms with E-state index in [0.29, 0.717) is 36.0 Å². The Morgan fingerprint density at radius 3 is 2.71 bits per heavy atom. The molecular formula is C16H21N3O5. The summed E-state index contributed by atoms with van der Waals surface area (Å²) in [6.07, 6.45) is 0.752. The van der Waals surface area contributed by atoms with Crippen molar-refractivity contribution in [3.63, 3.8) is 0 Å². The standard InChI is InChI=1S/C16H21N3O5/c1-4-23-16(20)15-14(17-19-18-15)11-6-7-12(22-3)13(10-11)24-9-5-8-21-2/h6-7,10H,4-5,8-9H2,1-3H3,(H,17,18,19). The minimum absolute atomic E-state index is 0.132. The number of rotatable bonds is 9. The molecule has 0 unspecified atom stereocenters. The van der Waals surface area contributed by atoms with Gasteiger partial charge in [0.1, 0.15) is 5.69 Å². The molecule has 0 atom stereocenters. The Morgan fingerprint density at radius 1 is 1.17 bits per heavy atom. The van der Waals surface area contributed by atoms with Gasteiger partial charge < -0.3 is 18.9 Å². The lowest BCUT2D eigenvalue weighted by Crippen LogP contribution is -2.07. The van der Waals surface area contributed by atoms with Gasteiger partial charge >= 0.3 is 5.97 Å². The lowest BCUT2D eigenvalue weighted by atomic mass is 10.1. The first kappa shape index (κ1) is 17.7. The highest BCUT2D eigenvalue weighted by Crippen LogP contribution is 2.32. The molecule has 130 valence electrons. The number of carbonyl (C=O) groups excluding carboxylic acids is 1. The monoisotopic (exact) mass is 335 g/mol. The Kier molecular flexibility index (Phi) is 6.56. The highest BCUT2D eigenvalue weighted by Gasteiger charge is 2.20. The Morgan fingerprint density at radius 2 is 2.00 bits per heavy atom. The van der Waals surface area contributed by atoms with Crippen molar-refractivity contribution >= 4 is 5.97 Å². The Labute approximate surface area is 140 Å². The first-order chi connectivity index (χ1) is 11.7. The molecule has 0 aliphatic heterocycles. The van der Waals surface area contributed by atoms with E-state index >= 15 is 0 Å². The van der Waals surface area contributed by atoms with Crippen LogP contribution in [0.25, 0.3) is 11.3 Å². The van der Waals surface area contributed by atoms with Crippen LogP contribution in [0.1, 0.15) is 23.8 Å². The highest BCUT2D eigenvalue weighted by atomic mass is 16.5. The average molecular weight is 335 g/mol. The van der Waals surface area contributed by atoms with Gasteiger partial charge in [-0.1, -0.05) is 0 Å². The smallest absolute Gasteiger partial charge is 0.361 e. The fourth-order valence-corrected chi connectivity index (χ4v) is 2.10. The maximum atomic E-state index is 11.9. The van der Waals surface area contributed by atoms with E-state index in [4.69, 9.17) is 18.9 Å². The van der Waals surface area contributed by atoms with E-state index < -0.39 is 5.97 Å². The number of hydrogen-bond acceptors (Lipinski definition) is 7. The second kappa shape index (κ2) is 8.88. The fourth-order valence-electron chi connectivity index (χ4n) is 2.10. The van der Waals surface area contributed by atoms with Crippen LogP contribution in [0, 0.1) is 0 Å². The topological polar surface area (TPSA) is 95.6 Å². The molecule has 1 N–H and O–H groups in total. The molecule has 0 aliphatic carbocycles. The molecule has 0 spiro atoms. The number of nitrogens with zero attached hydrogens (tertiary/aromatic N) is 2. The number of H-pyrrole nitrogens is 1. The normalized spacial score (nSPS) is 10.5. The van der Waals surface area contributed by atoms with Gasteiger partial charge in [0, 0.05) is 25.7 Å². The summed E-state index contributed by atoms with van der Waals surface area (Å²) in [6, 6.07) is 5.29. The molecule has 1 heterocycles. The summed E-state index contributed by atoms with van der Waals surface area (Å²) in [5.74, 6) is 0.626. The van der Waals surface area contributed by atoms with E-state index in [2.05, 4.69) is 15.4 Å². The van der Waals surface area contributed by atoms with Crippen LogP contribution in [0.4, 0.5) is 0 Å². The van der Waals surface area contributed by atoms with Crippen LogP contribution >= 0.6 is 0 Å². The average Bonchev–Trinajstić information content (AvgIpc) is 3.08. The molecule has 0 radical (unpaired) electrons. The predicted octanol–water partition coefficient (Wildman–Crippen LogP) is 2.07. The number of aromatic nitrogens is 3. The molecule has 0 fully saturated rings. The number of carbonyl (C=O) groups is 1. The lowest BCUT2D eigenvalue weighted by Gasteiger charge is -2.12. The molecule has 24 heavy (non-hydrogen) atoms. The summed E-state index contributed by atoms with van der Waals surface area (Å²) < 4.78 is 21.0. The molecule has 1 aromatic heterocycles. The maximum Gasteiger partial charge on any atom is 0.361 e. The zero-order valence-corrected chi connectivity index (χ0v) is 14.0. The van der Waals surface area contributed by atoms with Crippen LogP contribution in [0.15, 0.2) is 18.2 Å². The van der Waals surface area contributed by atoms with Gasteiger partial charge in [0.25, 0.3) is 0 Å². The van der Waals surface area contributed by atoms with Gasteiger partial charge in [-0.15, -0.1) is 5.10 Å². The van der Waals surface area contributed by atoms with Gasteiger partial charge in [0.2, 0.25) is 0 Å². The van der Waals surface area contributed by atoms with Crippen molar-refractivity contribution in [1.29, 1.82) is 0 Å². The molecule has 0 amide bonds. The van der Waals surface area contributed by atoms with Gasteiger partial charge in [-0.05, 0) is 25.1 Å².